The number of hydrogen-bond donors (Lipinski definition) is 2. The van der Waals surface area contributed by atoms with Crippen LogP contribution < -0.4 is 15.4 Å². The van der Waals surface area contributed by atoms with Crippen LogP contribution in [0.5, 0.6) is 5.75 Å². The first-order chi connectivity index (χ1) is 12.7. The van der Waals surface area contributed by atoms with Gasteiger partial charge in [-0.25, -0.2) is 0 Å². The van der Waals surface area contributed by atoms with Crippen LogP contribution in [0.25, 0.3) is 0 Å². The Balaban J connectivity index is 0.00000364. The summed E-state index contributed by atoms with van der Waals surface area (Å²) in [6.45, 7) is 8.56. The van der Waals surface area contributed by atoms with Gasteiger partial charge in [-0.15, -0.1) is 24.0 Å². The summed E-state index contributed by atoms with van der Waals surface area (Å²) in [5.74, 6) is 1.70. The van der Waals surface area contributed by atoms with Crippen LogP contribution in [0.4, 0.5) is 0 Å². The van der Waals surface area contributed by atoms with Crippen LogP contribution in [-0.2, 0) is 16.0 Å². The minimum Gasteiger partial charge on any atom is -0.491 e. The molecule has 154 valence electrons. The van der Waals surface area contributed by atoms with Gasteiger partial charge in [-0.05, 0) is 44.7 Å². The highest BCUT2D eigenvalue weighted by Crippen LogP contribution is 2.22. The summed E-state index contributed by atoms with van der Waals surface area (Å²) in [5, 5.41) is 6.66. The van der Waals surface area contributed by atoms with E-state index in [2.05, 4.69) is 40.7 Å². The van der Waals surface area contributed by atoms with Gasteiger partial charge in [0, 0.05) is 45.5 Å². The van der Waals surface area contributed by atoms with E-state index < -0.39 is 0 Å². The van der Waals surface area contributed by atoms with E-state index >= 15 is 0 Å². The Morgan fingerprint density at radius 2 is 2.19 bits per heavy atom. The molecule has 2 rings (SSSR count). The molecule has 0 aromatic heterocycles. The van der Waals surface area contributed by atoms with E-state index in [1.165, 1.54) is 5.56 Å². The molecule has 0 saturated carbocycles. The number of aryl methyl sites for hydroxylation is 1. The molecule has 1 unspecified atom stereocenters. The van der Waals surface area contributed by atoms with Crippen molar-refractivity contribution in [3.05, 3.63) is 29.3 Å². The topological polar surface area (TPSA) is 64.1 Å². The van der Waals surface area contributed by atoms with E-state index in [0.717, 1.165) is 62.9 Å². The van der Waals surface area contributed by atoms with Crippen LogP contribution in [0.2, 0.25) is 0 Å². The van der Waals surface area contributed by atoms with Gasteiger partial charge in [0.25, 0.3) is 0 Å². The maximum Gasteiger partial charge on any atom is 0.191 e. The van der Waals surface area contributed by atoms with Gasteiger partial charge in [0.05, 0.1) is 6.10 Å². The molecule has 1 saturated heterocycles. The summed E-state index contributed by atoms with van der Waals surface area (Å²) in [4.78, 5) is 4.27. The first kappa shape index (κ1) is 24.0. The van der Waals surface area contributed by atoms with Gasteiger partial charge in [0.15, 0.2) is 5.96 Å². The number of hydrogen-bond acceptors (Lipinski definition) is 4. The number of aliphatic imine (C=N–C) groups is 1. The molecular formula is C20H34IN3O3. The van der Waals surface area contributed by atoms with Gasteiger partial charge >= 0.3 is 0 Å². The van der Waals surface area contributed by atoms with Crippen molar-refractivity contribution >= 4 is 29.9 Å². The van der Waals surface area contributed by atoms with E-state index in [0.29, 0.717) is 13.2 Å². The number of nitrogens with zero attached hydrogens (tertiary/aromatic N) is 1. The van der Waals surface area contributed by atoms with Crippen LogP contribution >= 0.6 is 24.0 Å². The average molecular weight is 491 g/mol. The largest absolute Gasteiger partial charge is 0.491 e. The standard InChI is InChI=1S/C20H33N3O3.HI/c1-4-24-11-6-10-22-20(21-3)23-14-17-9-8-16(2)13-19(17)26-15-18-7-5-12-25-18;/h8-9,13,18H,4-7,10-12,14-15H2,1-3H3,(H2,21,22,23);1H. The van der Waals surface area contributed by atoms with Gasteiger partial charge in [0.1, 0.15) is 12.4 Å². The highest BCUT2D eigenvalue weighted by atomic mass is 127. The zero-order chi connectivity index (χ0) is 18.6. The second-order valence-electron chi connectivity index (χ2n) is 6.46. The van der Waals surface area contributed by atoms with Crippen molar-refractivity contribution < 1.29 is 14.2 Å². The van der Waals surface area contributed by atoms with Crippen LogP contribution in [0, 0.1) is 6.92 Å². The molecule has 0 radical (unpaired) electrons. The predicted octanol–water partition coefficient (Wildman–Crippen LogP) is 3.26. The lowest BCUT2D eigenvalue weighted by Crippen LogP contribution is -2.37. The summed E-state index contributed by atoms with van der Waals surface area (Å²) in [5.41, 5.74) is 2.31. The summed E-state index contributed by atoms with van der Waals surface area (Å²) in [7, 11) is 1.78. The molecular weight excluding hydrogens is 457 g/mol. The maximum atomic E-state index is 6.05. The third kappa shape index (κ3) is 9.12. The third-order valence-electron chi connectivity index (χ3n) is 4.30. The SMILES string of the molecule is CCOCCCNC(=NC)NCc1ccc(C)cc1OCC1CCCO1.I. The molecule has 1 aromatic carbocycles. The minimum atomic E-state index is 0. The molecule has 1 aliphatic heterocycles. The van der Waals surface area contributed by atoms with E-state index in [1.54, 1.807) is 7.05 Å². The number of ether oxygens (including phenoxy) is 3. The molecule has 0 spiro atoms. The van der Waals surface area contributed by atoms with Gasteiger partial charge < -0.3 is 24.8 Å². The van der Waals surface area contributed by atoms with Crippen LogP contribution in [0.15, 0.2) is 23.2 Å². The molecule has 0 bridgehead atoms. The fraction of sp³-hybridized carbons (Fsp3) is 0.650. The lowest BCUT2D eigenvalue weighted by Gasteiger charge is -2.17. The Hall–Kier alpha value is -1.06. The smallest absolute Gasteiger partial charge is 0.191 e. The number of halogens is 1. The Morgan fingerprint density at radius 1 is 1.33 bits per heavy atom. The number of benzene rings is 1. The van der Waals surface area contributed by atoms with E-state index in [9.17, 15) is 0 Å². The summed E-state index contributed by atoms with van der Waals surface area (Å²) in [6, 6.07) is 6.30. The number of rotatable bonds is 10. The van der Waals surface area contributed by atoms with Crippen molar-refractivity contribution in [1.82, 2.24) is 10.6 Å². The molecule has 1 fully saturated rings. The lowest BCUT2D eigenvalue weighted by atomic mass is 10.1. The molecule has 1 aromatic rings. The van der Waals surface area contributed by atoms with Gasteiger partial charge in [-0.3, -0.25) is 4.99 Å². The zero-order valence-corrected chi connectivity index (χ0v) is 19.1. The molecule has 1 heterocycles. The normalized spacial score (nSPS) is 16.7. The number of nitrogens with one attached hydrogen (secondary N) is 2. The molecule has 0 aliphatic carbocycles. The third-order valence-corrected chi connectivity index (χ3v) is 4.30. The molecule has 7 heteroatoms. The van der Waals surface area contributed by atoms with Gasteiger partial charge in [-0.2, -0.15) is 0 Å². The van der Waals surface area contributed by atoms with Crippen molar-refractivity contribution in [1.29, 1.82) is 0 Å². The van der Waals surface area contributed by atoms with Crippen LogP contribution in [-0.4, -0.2) is 52.1 Å². The van der Waals surface area contributed by atoms with Gasteiger partial charge in [0.2, 0.25) is 0 Å². The fourth-order valence-electron chi connectivity index (χ4n) is 2.83. The summed E-state index contributed by atoms with van der Waals surface area (Å²) >= 11 is 0. The molecule has 27 heavy (non-hydrogen) atoms. The summed E-state index contributed by atoms with van der Waals surface area (Å²) in [6.07, 6.45) is 3.38. The van der Waals surface area contributed by atoms with Crippen LogP contribution in [0.1, 0.15) is 37.3 Å². The highest BCUT2D eigenvalue weighted by molar-refractivity contribution is 14.0. The van der Waals surface area contributed by atoms with E-state index in [-0.39, 0.29) is 30.1 Å². The first-order valence-corrected chi connectivity index (χ1v) is 9.59. The molecule has 1 aliphatic rings. The second-order valence-corrected chi connectivity index (χ2v) is 6.46. The zero-order valence-electron chi connectivity index (χ0n) is 16.8. The molecule has 1 atom stereocenters. The van der Waals surface area contributed by atoms with Crippen molar-refractivity contribution in [2.75, 3.05) is 40.0 Å². The van der Waals surface area contributed by atoms with E-state index in [4.69, 9.17) is 14.2 Å². The molecule has 2 N–H and O–H groups in total. The highest BCUT2D eigenvalue weighted by Gasteiger charge is 2.17. The average Bonchev–Trinajstić information content (AvgIpc) is 3.17. The van der Waals surface area contributed by atoms with Crippen molar-refractivity contribution in [2.45, 2.75) is 45.8 Å². The van der Waals surface area contributed by atoms with Crippen molar-refractivity contribution in [3.8, 4) is 5.75 Å². The Morgan fingerprint density at radius 3 is 2.89 bits per heavy atom. The second kappa shape index (κ2) is 14.0. The monoisotopic (exact) mass is 491 g/mol. The first-order valence-electron chi connectivity index (χ1n) is 9.59. The van der Waals surface area contributed by atoms with Gasteiger partial charge in [-0.1, -0.05) is 12.1 Å². The van der Waals surface area contributed by atoms with Crippen LogP contribution in [0.3, 0.4) is 0 Å². The number of guanidine groups is 1. The Labute approximate surface area is 180 Å². The quantitative estimate of drug-likeness (QED) is 0.228. The van der Waals surface area contributed by atoms with Crippen molar-refractivity contribution in [2.24, 2.45) is 4.99 Å². The lowest BCUT2D eigenvalue weighted by molar-refractivity contribution is 0.0676. The maximum absolute atomic E-state index is 6.05. The summed E-state index contributed by atoms with van der Waals surface area (Å²) < 4.78 is 17.1. The van der Waals surface area contributed by atoms with E-state index in [1.807, 2.05) is 6.92 Å². The molecule has 0 amide bonds. The Kier molecular flexibility index (Phi) is 12.4. The molecule has 6 nitrogen and oxygen atoms in total. The van der Waals surface area contributed by atoms with Crippen molar-refractivity contribution in [3.63, 3.8) is 0 Å². The predicted molar refractivity (Wildman–Crippen MR) is 120 cm³/mol. The minimum absolute atomic E-state index is 0. The Bertz CT molecular complexity index is 563. The fourth-order valence-corrected chi connectivity index (χ4v) is 2.83.